The Labute approximate surface area is 170 Å². The first-order valence-electron chi connectivity index (χ1n) is 9.86. The zero-order chi connectivity index (χ0) is 21.0. The first-order chi connectivity index (χ1) is 13.9. The summed E-state index contributed by atoms with van der Waals surface area (Å²) in [7, 11) is 0. The number of ketones is 1. The maximum Gasteiger partial charge on any atom is 0.327 e. The van der Waals surface area contributed by atoms with Crippen LogP contribution in [0.15, 0.2) is 54.6 Å². The molecular formula is C23H26N2O4. The molecule has 0 aliphatic carbocycles. The van der Waals surface area contributed by atoms with Gasteiger partial charge in [0.25, 0.3) is 0 Å². The van der Waals surface area contributed by atoms with Crippen LogP contribution in [0.25, 0.3) is 0 Å². The molecule has 3 rings (SSSR count). The average molecular weight is 394 g/mol. The lowest BCUT2D eigenvalue weighted by molar-refractivity contribution is -0.190. The summed E-state index contributed by atoms with van der Waals surface area (Å²) in [6, 6.07) is 15.8. The summed E-state index contributed by atoms with van der Waals surface area (Å²) >= 11 is 0. The fourth-order valence-corrected chi connectivity index (χ4v) is 3.65. The number of benzene rings is 2. The summed E-state index contributed by atoms with van der Waals surface area (Å²) in [5.41, 5.74) is 0.795. The molecule has 2 aromatic rings. The number of ether oxygens (including phenoxy) is 1. The number of urea groups is 1. The number of imide groups is 1. The Morgan fingerprint density at radius 2 is 1.66 bits per heavy atom. The molecule has 1 aliphatic rings. The van der Waals surface area contributed by atoms with Gasteiger partial charge in [-0.25, -0.2) is 9.69 Å². The highest BCUT2D eigenvalue weighted by Gasteiger charge is 2.62. The van der Waals surface area contributed by atoms with Crippen LogP contribution >= 0.6 is 0 Å². The van der Waals surface area contributed by atoms with Gasteiger partial charge in [0.05, 0.1) is 0 Å². The second kappa shape index (κ2) is 8.47. The second-order valence-electron chi connectivity index (χ2n) is 7.23. The standard InChI is InChI=1S/C23H26N2O4/c1-4-23(5-2)20(27)25(22(28)24-15-17-9-7-6-8-10-17)21(23)29-19-13-11-18(12-14-19)16(3)26/h6-14,21H,4-5,15H2,1-3H3,(H,24,28). The average Bonchev–Trinajstić information content (AvgIpc) is 2.74. The fourth-order valence-electron chi connectivity index (χ4n) is 3.65. The molecule has 152 valence electrons. The van der Waals surface area contributed by atoms with Crippen LogP contribution in [0.4, 0.5) is 4.79 Å². The number of likely N-dealkylation sites (tertiary alicyclic amines) is 1. The highest BCUT2D eigenvalue weighted by Crippen LogP contribution is 2.46. The summed E-state index contributed by atoms with van der Waals surface area (Å²) in [6.07, 6.45) is 0.450. The van der Waals surface area contributed by atoms with Gasteiger partial charge in [0.15, 0.2) is 12.0 Å². The third-order valence-electron chi connectivity index (χ3n) is 5.63. The van der Waals surface area contributed by atoms with Crippen molar-refractivity contribution in [2.75, 3.05) is 0 Å². The van der Waals surface area contributed by atoms with E-state index in [-0.39, 0.29) is 11.7 Å². The van der Waals surface area contributed by atoms with Crippen LogP contribution in [0.3, 0.4) is 0 Å². The number of hydrogen-bond acceptors (Lipinski definition) is 4. The first-order valence-corrected chi connectivity index (χ1v) is 9.86. The Balaban J connectivity index is 1.76. The van der Waals surface area contributed by atoms with Crippen LogP contribution in [0, 0.1) is 5.41 Å². The van der Waals surface area contributed by atoms with Crippen molar-refractivity contribution in [2.24, 2.45) is 5.41 Å². The Hall–Kier alpha value is -3.15. The Morgan fingerprint density at radius 3 is 2.21 bits per heavy atom. The van der Waals surface area contributed by atoms with E-state index in [2.05, 4.69) is 5.32 Å². The third kappa shape index (κ3) is 3.88. The topological polar surface area (TPSA) is 75.7 Å². The van der Waals surface area contributed by atoms with Gasteiger partial charge in [0, 0.05) is 12.1 Å². The largest absolute Gasteiger partial charge is 0.469 e. The summed E-state index contributed by atoms with van der Waals surface area (Å²) in [5.74, 6) is 0.256. The van der Waals surface area contributed by atoms with Crippen molar-refractivity contribution in [3.63, 3.8) is 0 Å². The number of carbonyl (C=O) groups excluding carboxylic acids is 3. The van der Waals surface area contributed by atoms with E-state index in [1.807, 2.05) is 44.2 Å². The van der Waals surface area contributed by atoms with E-state index in [0.29, 0.717) is 30.7 Å². The molecule has 1 saturated heterocycles. The SMILES string of the molecule is CCC1(CC)C(=O)N(C(=O)NCc2ccccc2)C1Oc1ccc(C(C)=O)cc1. The van der Waals surface area contributed by atoms with Crippen molar-refractivity contribution in [1.82, 2.24) is 10.2 Å². The lowest BCUT2D eigenvalue weighted by Gasteiger charge is -2.53. The van der Waals surface area contributed by atoms with Crippen LogP contribution in [0.2, 0.25) is 0 Å². The molecule has 6 heteroatoms. The summed E-state index contributed by atoms with van der Waals surface area (Å²) in [5, 5.41) is 2.80. The molecule has 1 heterocycles. The summed E-state index contributed by atoms with van der Waals surface area (Å²) in [6.45, 7) is 5.68. The predicted octanol–water partition coefficient (Wildman–Crippen LogP) is 4.15. The number of rotatable bonds is 7. The van der Waals surface area contributed by atoms with Crippen LogP contribution < -0.4 is 10.1 Å². The summed E-state index contributed by atoms with van der Waals surface area (Å²) < 4.78 is 6.07. The molecule has 1 aliphatic heterocycles. The van der Waals surface area contributed by atoms with Crippen LogP contribution in [-0.4, -0.2) is 28.8 Å². The third-order valence-corrected chi connectivity index (χ3v) is 5.63. The fraction of sp³-hybridized carbons (Fsp3) is 0.348. The Morgan fingerprint density at radius 1 is 1.03 bits per heavy atom. The number of β-lactam (4-membered cyclic amide) rings is 1. The van der Waals surface area contributed by atoms with E-state index >= 15 is 0 Å². The molecule has 1 fully saturated rings. The normalized spacial score (nSPS) is 17.4. The van der Waals surface area contributed by atoms with E-state index in [1.54, 1.807) is 24.3 Å². The van der Waals surface area contributed by atoms with Crippen molar-refractivity contribution < 1.29 is 19.1 Å². The molecule has 1 atom stereocenters. The minimum atomic E-state index is -0.733. The highest BCUT2D eigenvalue weighted by atomic mass is 16.5. The number of carbonyl (C=O) groups is 3. The lowest BCUT2D eigenvalue weighted by atomic mass is 9.72. The molecule has 0 radical (unpaired) electrons. The van der Waals surface area contributed by atoms with Gasteiger partial charge in [0.1, 0.15) is 11.2 Å². The van der Waals surface area contributed by atoms with Crippen molar-refractivity contribution in [2.45, 2.75) is 46.4 Å². The maximum atomic E-state index is 12.9. The summed E-state index contributed by atoms with van der Waals surface area (Å²) in [4.78, 5) is 38.3. The van der Waals surface area contributed by atoms with Crippen molar-refractivity contribution in [3.05, 3.63) is 65.7 Å². The van der Waals surface area contributed by atoms with E-state index < -0.39 is 17.7 Å². The minimum Gasteiger partial charge on any atom is -0.469 e. The number of nitrogens with zero attached hydrogens (tertiary/aromatic N) is 1. The van der Waals surface area contributed by atoms with Crippen molar-refractivity contribution >= 4 is 17.7 Å². The number of Topliss-reactive ketones (excluding diaryl/α,β-unsaturated/α-hetero) is 1. The lowest BCUT2D eigenvalue weighted by Crippen LogP contribution is -2.73. The molecule has 0 bridgehead atoms. The molecule has 3 amide bonds. The molecule has 29 heavy (non-hydrogen) atoms. The van der Waals surface area contributed by atoms with Gasteiger partial charge in [-0.3, -0.25) is 9.59 Å². The van der Waals surface area contributed by atoms with E-state index in [4.69, 9.17) is 4.74 Å². The molecule has 1 unspecified atom stereocenters. The molecule has 0 spiro atoms. The quantitative estimate of drug-likeness (QED) is 0.565. The van der Waals surface area contributed by atoms with Crippen molar-refractivity contribution in [1.29, 1.82) is 0 Å². The second-order valence-corrected chi connectivity index (χ2v) is 7.23. The van der Waals surface area contributed by atoms with Crippen LogP contribution in [0.1, 0.15) is 49.5 Å². The van der Waals surface area contributed by atoms with Gasteiger partial charge in [-0.2, -0.15) is 0 Å². The molecule has 0 aromatic heterocycles. The van der Waals surface area contributed by atoms with Gasteiger partial charge in [-0.1, -0.05) is 44.2 Å². The van der Waals surface area contributed by atoms with E-state index in [1.165, 1.54) is 6.92 Å². The molecule has 6 nitrogen and oxygen atoms in total. The van der Waals surface area contributed by atoms with Gasteiger partial charge in [0.2, 0.25) is 5.91 Å². The number of hydrogen-bond donors (Lipinski definition) is 1. The van der Waals surface area contributed by atoms with Gasteiger partial charge >= 0.3 is 6.03 Å². The van der Waals surface area contributed by atoms with Gasteiger partial charge in [-0.05, 0) is 49.6 Å². The smallest absolute Gasteiger partial charge is 0.327 e. The van der Waals surface area contributed by atoms with Crippen molar-refractivity contribution in [3.8, 4) is 5.75 Å². The Kier molecular flexibility index (Phi) is 6.01. The minimum absolute atomic E-state index is 0.0336. The molecule has 2 aromatic carbocycles. The van der Waals surface area contributed by atoms with E-state index in [9.17, 15) is 14.4 Å². The van der Waals surface area contributed by atoms with Gasteiger partial charge < -0.3 is 10.1 Å². The van der Waals surface area contributed by atoms with Gasteiger partial charge in [-0.15, -0.1) is 0 Å². The first kappa shape index (κ1) is 20.6. The molecule has 0 saturated carbocycles. The number of nitrogens with one attached hydrogen (secondary N) is 1. The maximum absolute atomic E-state index is 12.9. The Bertz CT molecular complexity index is 889. The predicted molar refractivity (Wildman–Crippen MR) is 109 cm³/mol. The monoisotopic (exact) mass is 394 g/mol. The molecular weight excluding hydrogens is 368 g/mol. The van der Waals surface area contributed by atoms with Crippen LogP contribution in [0.5, 0.6) is 5.75 Å². The number of amides is 3. The zero-order valence-electron chi connectivity index (χ0n) is 17.0. The highest BCUT2D eigenvalue weighted by molar-refractivity contribution is 6.03. The zero-order valence-corrected chi connectivity index (χ0v) is 17.0. The molecule has 1 N–H and O–H groups in total. The van der Waals surface area contributed by atoms with Crippen LogP contribution in [-0.2, 0) is 11.3 Å². The van der Waals surface area contributed by atoms with E-state index in [0.717, 1.165) is 10.5 Å².